The molecular weight excluding hydrogens is 790 g/mol. The van der Waals surface area contributed by atoms with Gasteiger partial charge in [0.05, 0.1) is 63.2 Å². The number of quaternary nitrogens is 2. The second-order valence-corrected chi connectivity index (χ2v) is 17.3. The molecule has 12 atom stereocenters. The molecule has 4 saturated heterocycles. The van der Waals surface area contributed by atoms with Gasteiger partial charge in [0, 0.05) is 61.3 Å². The van der Waals surface area contributed by atoms with Crippen molar-refractivity contribution in [2.75, 3.05) is 50.1 Å². The summed E-state index contributed by atoms with van der Waals surface area (Å²) in [6.07, 6.45) is 13.7. The summed E-state index contributed by atoms with van der Waals surface area (Å²) in [7, 11) is 5.28. The van der Waals surface area contributed by atoms with Crippen LogP contribution in [0.5, 0.6) is 0 Å². The highest BCUT2D eigenvalue weighted by atomic mass is 127. The predicted octanol–water partition coefficient (Wildman–Crippen LogP) is 0.586. The maximum atomic E-state index is 2.93. The molecule has 2 aliphatic carbocycles. The quantitative estimate of drug-likeness (QED) is 0.323. The van der Waals surface area contributed by atoms with Gasteiger partial charge in [-0.25, -0.2) is 0 Å². The number of nitrogens with zero attached hydrogens (tertiary/aromatic N) is 4. The van der Waals surface area contributed by atoms with Gasteiger partial charge >= 0.3 is 0 Å². The van der Waals surface area contributed by atoms with Crippen molar-refractivity contribution in [3.05, 3.63) is 83.2 Å². The summed E-state index contributed by atoms with van der Waals surface area (Å²) in [6, 6.07) is 21.9. The Hall–Kier alpha value is -1.10. The molecule has 0 amide bonds. The summed E-state index contributed by atoms with van der Waals surface area (Å²) >= 11 is 0. The highest BCUT2D eigenvalue weighted by Crippen LogP contribution is 2.69. The van der Waals surface area contributed by atoms with E-state index in [2.05, 4.69) is 98.7 Å². The fourth-order valence-corrected chi connectivity index (χ4v) is 14.6. The average molecular weight is 841 g/mol. The van der Waals surface area contributed by atoms with Gasteiger partial charge in [-0.1, -0.05) is 50.2 Å². The molecule has 2 unspecified atom stereocenters. The van der Waals surface area contributed by atoms with Crippen LogP contribution in [0.25, 0.3) is 0 Å². The van der Waals surface area contributed by atoms with Crippen molar-refractivity contribution in [2.45, 2.75) is 87.4 Å². The largest absolute Gasteiger partial charge is 1.00 e. The van der Waals surface area contributed by atoms with Gasteiger partial charge in [-0.2, -0.15) is 0 Å². The van der Waals surface area contributed by atoms with Crippen molar-refractivity contribution in [1.82, 2.24) is 0 Å². The van der Waals surface area contributed by atoms with Gasteiger partial charge in [-0.15, -0.1) is 0 Å². The summed E-state index contributed by atoms with van der Waals surface area (Å²) in [5, 5.41) is 0. The number of anilines is 2. The zero-order valence-electron chi connectivity index (χ0n) is 28.0. The molecule has 0 radical (unpaired) electrons. The van der Waals surface area contributed by atoms with Gasteiger partial charge in [0.2, 0.25) is 0 Å². The molecule has 0 aromatic heterocycles. The Morgan fingerprint density at radius 3 is 1.48 bits per heavy atom. The Balaban J connectivity index is 0.00000146. The normalized spacial score (nSPS) is 49.5. The number of likely N-dealkylation sites (N-methyl/N-ethyl adjacent to an activating group) is 2. The molecule has 6 heteroatoms. The molecule has 4 bridgehead atoms. The standard InChI is InChI=1S/C40H50N4.2HI/c1-5-25-23-43(3)17-15-39-31-11-7-10-14-34(31)42-22-30-28-20-36-40(16-18-44(36,4)24-26(28)6-2)32-12-8-9-13-33(32)41(38(30)40)21-29(37(39)42)27(25)19-35(39)43;;/h7-14,21-22,25-28,35-38H,5-6,15-20,23-24H2,1-4H3;2*1H/q+2;;/p-2/b29-21-,30-22-;;/t25-,26-,27+,28+,35+,36+,37+,38+,39-,40-,43?,44?;;/m1../s1. The van der Waals surface area contributed by atoms with E-state index in [0.29, 0.717) is 23.9 Å². The van der Waals surface area contributed by atoms with E-state index in [-0.39, 0.29) is 58.8 Å². The topological polar surface area (TPSA) is 6.48 Å². The molecule has 9 aliphatic rings. The highest BCUT2D eigenvalue weighted by molar-refractivity contribution is 5.76. The SMILES string of the molecule is CC[C@@H]1C[N+]2(C)CC[C@@]34c5ccccc5N5/C=C6/[C@H]7C[C@H]8[C@@]9(CC[N+]8(C)C[C@H]7CC)c7ccccc7N(/C=C(/[C@H]1C[C@@H]32)[C@H]54)[C@@H]69.[I-].[I-]. The fraction of sp³-hybridized carbons (Fsp3) is 0.600. The van der Waals surface area contributed by atoms with E-state index in [9.17, 15) is 0 Å². The summed E-state index contributed by atoms with van der Waals surface area (Å²) in [6.45, 7) is 10.4. The first-order chi connectivity index (χ1) is 21.4. The zero-order chi connectivity index (χ0) is 29.4. The van der Waals surface area contributed by atoms with E-state index in [0.717, 1.165) is 23.9 Å². The Morgan fingerprint density at radius 2 is 1.07 bits per heavy atom. The summed E-state index contributed by atoms with van der Waals surface area (Å²) in [5.41, 5.74) is 10.5. The Labute approximate surface area is 310 Å². The van der Waals surface area contributed by atoms with E-state index >= 15 is 0 Å². The molecule has 0 N–H and O–H groups in total. The number of halogens is 2. The Bertz CT molecular complexity index is 1580. The van der Waals surface area contributed by atoms with E-state index in [4.69, 9.17) is 0 Å². The van der Waals surface area contributed by atoms with Crippen LogP contribution in [0.2, 0.25) is 0 Å². The van der Waals surface area contributed by atoms with E-state index in [1.54, 1.807) is 33.6 Å². The van der Waals surface area contributed by atoms with Crippen LogP contribution in [-0.4, -0.2) is 73.4 Å². The molecule has 244 valence electrons. The van der Waals surface area contributed by atoms with Crippen molar-refractivity contribution >= 4 is 11.4 Å². The average Bonchev–Trinajstić information content (AvgIpc) is 3.71. The molecule has 2 aromatic carbocycles. The second kappa shape index (κ2) is 9.78. The van der Waals surface area contributed by atoms with Gasteiger partial charge in [0.1, 0.15) is 12.1 Å². The summed E-state index contributed by atoms with van der Waals surface area (Å²) in [5.74, 6) is 2.94. The first-order valence-electron chi connectivity index (χ1n) is 18.3. The lowest BCUT2D eigenvalue weighted by molar-refractivity contribution is -0.933. The Morgan fingerprint density at radius 1 is 0.652 bits per heavy atom. The molecular formula is C40H50I2N4. The number of rotatable bonds is 2. The highest BCUT2D eigenvalue weighted by Gasteiger charge is 2.75. The van der Waals surface area contributed by atoms with Crippen LogP contribution >= 0.6 is 0 Å². The first-order valence-corrected chi connectivity index (χ1v) is 18.3. The smallest absolute Gasteiger partial charge is 0.102 e. The number of benzene rings is 2. The maximum absolute atomic E-state index is 2.93. The van der Waals surface area contributed by atoms with Crippen LogP contribution in [-0.2, 0) is 10.8 Å². The maximum Gasteiger partial charge on any atom is 0.102 e. The van der Waals surface area contributed by atoms with Crippen LogP contribution in [0.15, 0.2) is 72.1 Å². The minimum Gasteiger partial charge on any atom is -1.00 e. The van der Waals surface area contributed by atoms with Crippen LogP contribution in [0.3, 0.4) is 0 Å². The monoisotopic (exact) mass is 840 g/mol. The number of hydrogen-bond acceptors (Lipinski definition) is 2. The third-order valence-electron chi connectivity index (χ3n) is 16.2. The van der Waals surface area contributed by atoms with Crippen molar-refractivity contribution in [3.63, 3.8) is 0 Å². The molecule has 6 fully saturated rings. The van der Waals surface area contributed by atoms with Crippen molar-refractivity contribution < 1.29 is 56.9 Å². The lowest BCUT2D eigenvalue weighted by Crippen LogP contribution is -3.00. The molecule has 7 aliphatic heterocycles. The Kier molecular flexibility index (Phi) is 6.57. The predicted molar refractivity (Wildman–Crippen MR) is 177 cm³/mol. The minimum atomic E-state index is 0. The summed E-state index contributed by atoms with van der Waals surface area (Å²) < 4.78 is 2.60. The van der Waals surface area contributed by atoms with Gasteiger partial charge in [0.25, 0.3) is 0 Å². The molecule has 2 saturated carbocycles. The van der Waals surface area contributed by atoms with Crippen molar-refractivity contribution in [3.8, 4) is 0 Å². The zero-order valence-corrected chi connectivity index (χ0v) is 32.3. The molecule has 7 heterocycles. The number of hydrogen-bond donors (Lipinski definition) is 0. The van der Waals surface area contributed by atoms with Gasteiger partial charge in [-0.3, -0.25) is 0 Å². The fourth-order valence-electron chi connectivity index (χ4n) is 14.6. The molecule has 2 aromatic rings. The minimum absolute atomic E-state index is 0. The van der Waals surface area contributed by atoms with E-state index in [1.165, 1.54) is 73.7 Å². The third kappa shape index (κ3) is 3.22. The molecule has 2 spiro atoms. The lowest BCUT2D eigenvalue weighted by Gasteiger charge is -2.59. The van der Waals surface area contributed by atoms with Crippen LogP contribution in [0.1, 0.15) is 63.5 Å². The first kappa shape index (κ1) is 30.9. The second-order valence-electron chi connectivity index (χ2n) is 17.3. The van der Waals surface area contributed by atoms with E-state index in [1.807, 2.05) is 0 Å². The number of para-hydroxylation sites is 2. The van der Waals surface area contributed by atoms with Gasteiger partial charge < -0.3 is 66.7 Å². The van der Waals surface area contributed by atoms with Gasteiger partial charge in [-0.05, 0) is 59.1 Å². The molecule has 11 rings (SSSR count). The van der Waals surface area contributed by atoms with Crippen LogP contribution < -0.4 is 57.8 Å². The van der Waals surface area contributed by atoms with Crippen molar-refractivity contribution in [2.24, 2.45) is 23.7 Å². The summed E-state index contributed by atoms with van der Waals surface area (Å²) in [4.78, 5) is 5.87. The number of fused-ring (bicyclic) bond motifs is 8. The van der Waals surface area contributed by atoms with Crippen molar-refractivity contribution in [1.29, 1.82) is 0 Å². The van der Waals surface area contributed by atoms with Crippen LogP contribution in [0.4, 0.5) is 11.4 Å². The van der Waals surface area contributed by atoms with Crippen LogP contribution in [0, 0.1) is 23.7 Å². The van der Waals surface area contributed by atoms with E-state index < -0.39 is 0 Å². The third-order valence-corrected chi connectivity index (χ3v) is 16.2. The van der Waals surface area contributed by atoms with Gasteiger partial charge in [0.15, 0.2) is 0 Å². The molecule has 46 heavy (non-hydrogen) atoms. The lowest BCUT2D eigenvalue weighted by atomic mass is 9.55. The molecule has 4 nitrogen and oxygen atoms in total. The number of piperidine rings is 2.